The number of amides is 2. The van der Waals surface area contributed by atoms with E-state index in [0.29, 0.717) is 11.9 Å². The SMILES string of the molecule is CN(C)C(=O)C1CCN(CC2Cc3ccc(Oc4ccc(-c5ccn[nH]5)cc4)cc3O2)CC1.O=C1CCCN1C1CCN(CC2Cc3ccc(Oc4ccc(-c5ccn[nH]5)cc4)cc3O2)CC1. The maximum Gasteiger partial charge on any atom is 0.225 e. The quantitative estimate of drug-likeness (QED) is 0.123. The predicted octanol–water partition coefficient (Wildman–Crippen LogP) is 8.23. The van der Waals surface area contributed by atoms with Crippen molar-refractivity contribution in [1.82, 2.24) is 40.0 Å². The number of ether oxygens (including phenoxy) is 4. The third kappa shape index (κ3) is 10.7. The number of benzene rings is 4. The Labute approximate surface area is 392 Å². The lowest BCUT2D eigenvalue weighted by atomic mass is 9.95. The first kappa shape index (κ1) is 44.2. The summed E-state index contributed by atoms with van der Waals surface area (Å²) >= 11 is 0. The van der Waals surface area contributed by atoms with Gasteiger partial charge in [-0.2, -0.15) is 10.2 Å². The predicted molar refractivity (Wildman–Crippen MR) is 256 cm³/mol. The van der Waals surface area contributed by atoms with E-state index < -0.39 is 0 Å². The molecule has 14 nitrogen and oxygen atoms in total. The molecule has 2 amide bonds. The molecule has 6 aromatic rings. The lowest BCUT2D eigenvalue weighted by Gasteiger charge is -2.37. The number of carbonyl (C=O) groups excluding carboxylic acids is 2. The van der Waals surface area contributed by atoms with Crippen molar-refractivity contribution in [2.24, 2.45) is 5.92 Å². The fraction of sp³-hybridized carbons (Fsp3) is 0.396. The number of piperidine rings is 2. The molecule has 0 radical (unpaired) electrons. The zero-order valence-electron chi connectivity index (χ0n) is 38.4. The van der Waals surface area contributed by atoms with Crippen LogP contribution in [0.2, 0.25) is 0 Å². The van der Waals surface area contributed by atoms with Crippen LogP contribution in [0.4, 0.5) is 0 Å². The van der Waals surface area contributed by atoms with Crippen molar-refractivity contribution in [3.63, 3.8) is 0 Å². The van der Waals surface area contributed by atoms with E-state index in [9.17, 15) is 9.59 Å². The van der Waals surface area contributed by atoms with Crippen LogP contribution in [-0.4, -0.2) is 130 Å². The van der Waals surface area contributed by atoms with Gasteiger partial charge in [0.1, 0.15) is 46.7 Å². The first-order chi connectivity index (χ1) is 32.8. The number of H-pyrrole nitrogens is 2. The highest BCUT2D eigenvalue weighted by molar-refractivity contribution is 5.79. The lowest BCUT2D eigenvalue weighted by Crippen LogP contribution is -2.47. The summed E-state index contributed by atoms with van der Waals surface area (Å²) in [6.07, 6.45) is 11.4. The van der Waals surface area contributed by atoms with Gasteiger partial charge in [0.25, 0.3) is 0 Å². The minimum atomic E-state index is 0.144. The molecular formula is C53H60N8O6. The van der Waals surface area contributed by atoms with Crippen molar-refractivity contribution < 1.29 is 28.5 Å². The summed E-state index contributed by atoms with van der Waals surface area (Å²) in [7, 11) is 3.68. The molecule has 5 aliphatic rings. The van der Waals surface area contributed by atoms with Crippen LogP contribution in [0.3, 0.4) is 0 Å². The van der Waals surface area contributed by atoms with Crippen LogP contribution in [0.5, 0.6) is 34.5 Å². The molecule has 7 heterocycles. The zero-order chi connectivity index (χ0) is 45.7. The third-order valence-electron chi connectivity index (χ3n) is 13.8. The van der Waals surface area contributed by atoms with E-state index >= 15 is 0 Å². The van der Waals surface area contributed by atoms with E-state index in [1.54, 1.807) is 17.3 Å². The molecule has 14 heteroatoms. The smallest absolute Gasteiger partial charge is 0.225 e. The topological polar surface area (TPSA) is 141 Å². The van der Waals surface area contributed by atoms with Gasteiger partial charge < -0.3 is 28.7 Å². The third-order valence-corrected chi connectivity index (χ3v) is 13.8. The lowest BCUT2D eigenvalue weighted by molar-refractivity contribution is -0.134. The highest BCUT2D eigenvalue weighted by Gasteiger charge is 2.33. The van der Waals surface area contributed by atoms with E-state index in [0.717, 1.165) is 154 Å². The molecule has 3 fully saturated rings. The van der Waals surface area contributed by atoms with Gasteiger partial charge in [0, 0.05) is 103 Å². The first-order valence-corrected chi connectivity index (χ1v) is 23.9. The number of carbonyl (C=O) groups is 2. The second kappa shape index (κ2) is 20.1. The van der Waals surface area contributed by atoms with Crippen LogP contribution in [0, 0.1) is 5.92 Å². The summed E-state index contributed by atoms with van der Waals surface area (Å²) in [6, 6.07) is 32.5. The summed E-state index contributed by atoms with van der Waals surface area (Å²) < 4.78 is 24.7. The molecular weight excluding hydrogens is 845 g/mol. The summed E-state index contributed by atoms with van der Waals surface area (Å²) in [6.45, 7) is 6.74. The number of nitrogens with zero attached hydrogens (tertiary/aromatic N) is 6. The Bertz CT molecular complexity index is 2580. The standard InChI is InChI=1S/C27H30N4O3.C26H30N4O3/c32-27-2-1-13-31(27)21-10-14-30(15-11-21)18-24-16-20-5-8-23(17-26(20)34-24)33-22-6-3-19(4-7-22)25-9-12-28-29-25;1-29(2)26(31)19-10-13-30(14-11-19)17-23-15-20-5-8-22(16-25(20)33-23)32-21-6-3-18(4-7-21)24-9-12-27-28-24/h3-9,12,17,21,24H,1-2,10-11,13-16,18H2,(H,28,29);3-9,12,16,19,23H,10-11,13-15,17H2,1-2H3,(H,27,28). The van der Waals surface area contributed by atoms with Gasteiger partial charge >= 0.3 is 0 Å². The minimum absolute atomic E-state index is 0.144. The van der Waals surface area contributed by atoms with Gasteiger partial charge in [0.05, 0.1) is 11.4 Å². The van der Waals surface area contributed by atoms with Gasteiger partial charge in [-0.3, -0.25) is 29.6 Å². The molecule has 4 aromatic carbocycles. The Hall–Kier alpha value is -6.64. The maximum atomic E-state index is 12.2. The Morgan fingerprint density at radius 2 is 1.12 bits per heavy atom. The molecule has 67 heavy (non-hydrogen) atoms. The number of aromatic nitrogens is 4. The van der Waals surface area contributed by atoms with Crippen LogP contribution in [0.25, 0.3) is 22.5 Å². The molecule has 0 aliphatic carbocycles. The molecule has 11 rings (SSSR count). The number of likely N-dealkylation sites (tertiary alicyclic amines) is 3. The van der Waals surface area contributed by atoms with Crippen molar-refractivity contribution in [1.29, 1.82) is 0 Å². The van der Waals surface area contributed by atoms with Gasteiger partial charge in [0.2, 0.25) is 11.8 Å². The number of nitrogens with one attached hydrogen (secondary N) is 2. The maximum absolute atomic E-state index is 12.2. The second-order valence-electron chi connectivity index (χ2n) is 18.7. The normalized spacial score (nSPS) is 19.8. The number of hydrogen-bond acceptors (Lipinski definition) is 10. The van der Waals surface area contributed by atoms with Crippen LogP contribution < -0.4 is 18.9 Å². The monoisotopic (exact) mass is 904 g/mol. The number of hydrogen-bond donors (Lipinski definition) is 2. The molecule has 348 valence electrons. The molecule has 0 saturated carbocycles. The molecule has 0 bridgehead atoms. The fourth-order valence-electron chi connectivity index (χ4n) is 10.2. The molecule has 5 aliphatic heterocycles. The summed E-state index contributed by atoms with van der Waals surface area (Å²) in [5.41, 5.74) is 6.56. The molecule has 2 N–H and O–H groups in total. The average Bonchev–Trinajstić information content (AvgIpc) is 4.22. The fourth-order valence-corrected chi connectivity index (χ4v) is 10.2. The minimum Gasteiger partial charge on any atom is -0.488 e. The highest BCUT2D eigenvalue weighted by atomic mass is 16.5. The van der Waals surface area contributed by atoms with Crippen molar-refractivity contribution in [2.45, 2.75) is 69.6 Å². The highest BCUT2D eigenvalue weighted by Crippen LogP contribution is 2.37. The molecule has 3 saturated heterocycles. The largest absolute Gasteiger partial charge is 0.488 e. The van der Waals surface area contributed by atoms with E-state index in [-0.39, 0.29) is 24.0 Å². The van der Waals surface area contributed by atoms with Crippen LogP contribution in [0.1, 0.15) is 49.7 Å². The van der Waals surface area contributed by atoms with E-state index in [4.69, 9.17) is 18.9 Å². The van der Waals surface area contributed by atoms with Crippen molar-refractivity contribution in [2.75, 3.05) is 59.9 Å². The van der Waals surface area contributed by atoms with E-state index in [2.05, 4.69) is 47.2 Å². The van der Waals surface area contributed by atoms with Gasteiger partial charge in [-0.1, -0.05) is 12.1 Å². The molecule has 2 atom stereocenters. The molecule has 2 aromatic heterocycles. The Morgan fingerprint density at radius 3 is 1.55 bits per heavy atom. The van der Waals surface area contributed by atoms with Gasteiger partial charge in [-0.25, -0.2) is 0 Å². The van der Waals surface area contributed by atoms with Crippen molar-refractivity contribution in [3.05, 3.63) is 121 Å². The van der Waals surface area contributed by atoms with Crippen LogP contribution in [0.15, 0.2) is 109 Å². The van der Waals surface area contributed by atoms with Crippen molar-refractivity contribution >= 4 is 11.8 Å². The van der Waals surface area contributed by atoms with Crippen LogP contribution >= 0.6 is 0 Å². The van der Waals surface area contributed by atoms with Gasteiger partial charge in [-0.05, 0) is 140 Å². The van der Waals surface area contributed by atoms with Crippen LogP contribution in [-0.2, 0) is 22.4 Å². The van der Waals surface area contributed by atoms with E-state index in [1.807, 2.05) is 99.0 Å². The first-order valence-electron chi connectivity index (χ1n) is 23.9. The van der Waals surface area contributed by atoms with Gasteiger partial charge in [-0.15, -0.1) is 0 Å². The molecule has 0 spiro atoms. The van der Waals surface area contributed by atoms with Gasteiger partial charge in [0.15, 0.2) is 0 Å². The summed E-state index contributed by atoms with van der Waals surface area (Å²) in [5.74, 6) is 5.71. The Balaban J connectivity index is 0.000000157. The van der Waals surface area contributed by atoms with Crippen molar-refractivity contribution in [3.8, 4) is 57.0 Å². The second-order valence-corrected chi connectivity index (χ2v) is 18.7. The Morgan fingerprint density at radius 1 is 0.642 bits per heavy atom. The molecule has 2 unspecified atom stereocenters. The number of fused-ring (bicyclic) bond motifs is 2. The number of aromatic amines is 2. The van der Waals surface area contributed by atoms with E-state index in [1.165, 1.54) is 11.1 Å². The summed E-state index contributed by atoms with van der Waals surface area (Å²) in [5, 5.41) is 13.9. The Kier molecular flexibility index (Phi) is 13.2. The zero-order valence-corrected chi connectivity index (χ0v) is 38.4. The number of rotatable bonds is 12. The summed E-state index contributed by atoms with van der Waals surface area (Å²) in [4.78, 5) is 33.0. The average molecular weight is 905 g/mol.